The first-order chi connectivity index (χ1) is 8.11. The Kier molecular flexibility index (Phi) is 3.59. The van der Waals surface area contributed by atoms with E-state index in [1.165, 1.54) is 0 Å². The lowest BCUT2D eigenvalue weighted by atomic mass is 10.0. The Morgan fingerprint density at radius 1 is 1.59 bits per heavy atom. The first-order valence-corrected chi connectivity index (χ1v) is 6.23. The molecule has 17 heavy (non-hydrogen) atoms. The van der Waals surface area contributed by atoms with E-state index in [0.717, 1.165) is 17.7 Å². The first-order valence-electron chi connectivity index (χ1n) is 5.59. The summed E-state index contributed by atoms with van der Waals surface area (Å²) in [5.74, 6) is 1.30. The summed E-state index contributed by atoms with van der Waals surface area (Å²) in [7, 11) is 0. The van der Waals surface area contributed by atoms with Gasteiger partial charge < -0.3 is 15.8 Å². The van der Waals surface area contributed by atoms with Gasteiger partial charge in [-0.05, 0) is 36.8 Å². The molecule has 5 heteroatoms. The van der Waals surface area contributed by atoms with Crippen molar-refractivity contribution in [3.63, 3.8) is 0 Å². The second kappa shape index (κ2) is 4.98. The highest BCUT2D eigenvalue weighted by Gasteiger charge is 2.23. The van der Waals surface area contributed by atoms with Crippen molar-refractivity contribution in [2.75, 3.05) is 11.1 Å². The minimum absolute atomic E-state index is 0.0611. The smallest absolute Gasteiger partial charge is 0.265 e. The average Bonchev–Trinajstić information content (AvgIpc) is 2.30. The van der Waals surface area contributed by atoms with Crippen LogP contribution in [0, 0.1) is 0 Å². The Labute approximate surface area is 106 Å². The molecule has 0 aliphatic carbocycles. The summed E-state index contributed by atoms with van der Waals surface area (Å²) in [6, 6.07) is 5.58. The Hall–Kier alpha value is -1.20. The fourth-order valence-electron chi connectivity index (χ4n) is 1.76. The first kappa shape index (κ1) is 12.3. The lowest BCUT2D eigenvalue weighted by Gasteiger charge is -2.24. The number of nitrogens with two attached hydrogens (primary N) is 1. The number of rotatable bonds is 3. The van der Waals surface area contributed by atoms with E-state index in [4.69, 9.17) is 10.5 Å². The van der Waals surface area contributed by atoms with Crippen LogP contribution in [0.1, 0.15) is 24.9 Å². The number of carbonyl (C=O) groups excluding carboxylic acids is 1. The van der Waals surface area contributed by atoms with Gasteiger partial charge in [0.05, 0.1) is 5.69 Å². The summed E-state index contributed by atoms with van der Waals surface area (Å²) < 4.78 is 5.47. The van der Waals surface area contributed by atoms with E-state index in [1.807, 2.05) is 18.2 Å². The van der Waals surface area contributed by atoms with Crippen LogP contribution < -0.4 is 15.8 Å². The summed E-state index contributed by atoms with van der Waals surface area (Å²) in [4.78, 5) is 11.5. The fraction of sp³-hybridized carbons (Fsp3) is 0.417. The second-order valence-corrected chi connectivity index (χ2v) is 4.57. The van der Waals surface area contributed by atoms with Gasteiger partial charge in [0.25, 0.3) is 5.91 Å². The van der Waals surface area contributed by atoms with Crippen LogP contribution in [0.25, 0.3) is 0 Å². The van der Waals surface area contributed by atoms with E-state index in [1.54, 1.807) is 6.92 Å². The van der Waals surface area contributed by atoms with Gasteiger partial charge in [0, 0.05) is 6.04 Å². The van der Waals surface area contributed by atoms with Crippen molar-refractivity contribution >= 4 is 24.2 Å². The third kappa shape index (κ3) is 2.56. The van der Waals surface area contributed by atoms with Gasteiger partial charge in [-0.1, -0.05) is 6.07 Å². The third-order valence-corrected chi connectivity index (χ3v) is 3.06. The SMILES string of the molecule is CC1Oc2ccc(C(N)CCS)cc2NC1=O. The average molecular weight is 252 g/mol. The molecule has 1 amide bonds. The van der Waals surface area contributed by atoms with Gasteiger partial charge in [-0.15, -0.1) is 0 Å². The molecular weight excluding hydrogens is 236 g/mol. The van der Waals surface area contributed by atoms with Gasteiger partial charge in [0.15, 0.2) is 6.10 Å². The van der Waals surface area contributed by atoms with Crippen LogP contribution in [-0.4, -0.2) is 17.8 Å². The minimum atomic E-state index is -0.445. The molecule has 1 aliphatic rings. The Morgan fingerprint density at radius 2 is 2.35 bits per heavy atom. The number of ether oxygens (including phenoxy) is 1. The number of amides is 1. The molecule has 1 aromatic rings. The van der Waals surface area contributed by atoms with Crippen LogP contribution in [0.2, 0.25) is 0 Å². The molecule has 2 atom stereocenters. The number of thiol groups is 1. The van der Waals surface area contributed by atoms with E-state index in [9.17, 15) is 4.79 Å². The van der Waals surface area contributed by atoms with Crippen molar-refractivity contribution < 1.29 is 9.53 Å². The van der Waals surface area contributed by atoms with Crippen LogP contribution >= 0.6 is 12.6 Å². The third-order valence-electron chi connectivity index (χ3n) is 2.80. The summed E-state index contributed by atoms with van der Waals surface area (Å²) in [6.45, 7) is 1.72. The molecule has 3 N–H and O–H groups in total. The molecule has 4 nitrogen and oxygen atoms in total. The van der Waals surface area contributed by atoms with Crippen LogP contribution in [0.15, 0.2) is 18.2 Å². The lowest BCUT2D eigenvalue weighted by Crippen LogP contribution is -2.34. The fourth-order valence-corrected chi connectivity index (χ4v) is 2.04. The van der Waals surface area contributed by atoms with E-state index in [0.29, 0.717) is 11.4 Å². The lowest BCUT2D eigenvalue weighted by molar-refractivity contribution is -0.122. The Morgan fingerprint density at radius 3 is 3.06 bits per heavy atom. The van der Waals surface area contributed by atoms with Gasteiger partial charge in [-0.25, -0.2) is 0 Å². The number of carbonyl (C=O) groups is 1. The zero-order valence-corrected chi connectivity index (χ0v) is 10.5. The largest absolute Gasteiger partial charge is 0.479 e. The zero-order chi connectivity index (χ0) is 12.4. The molecule has 0 aromatic heterocycles. The van der Waals surface area contributed by atoms with E-state index in [2.05, 4.69) is 17.9 Å². The standard InChI is InChI=1S/C12H16N2O2S/c1-7-12(15)14-10-6-8(9(13)4-5-17)2-3-11(10)16-7/h2-3,6-7,9,17H,4-5,13H2,1H3,(H,14,15). The highest BCUT2D eigenvalue weighted by molar-refractivity contribution is 7.80. The van der Waals surface area contributed by atoms with Crippen LogP contribution in [0.3, 0.4) is 0 Å². The maximum absolute atomic E-state index is 11.5. The highest BCUT2D eigenvalue weighted by Crippen LogP contribution is 2.32. The number of hydrogen-bond donors (Lipinski definition) is 3. The number of anilines is 1. The predicted molar refractivity (Wildman–Crippen MR) is 70.6 cm³/mol. The Balaban J connectivity index is 2.25. The minimum Gasteiger partial charge on any atom is -0.479 e. The molecule has 1 aromatic carbocycles. The van der Waals surface area contributed by atoms with Crippen molar-refractivity contribution in [2.24, 2.45) is 5.73 Å². The normalized spacial score (nSPS) is 20.2. The molecule has 0 fully saturated rings. The van der Waals surface area contributed by atoms with Crippen LogP contribution in [-0.2, 0) is 4.79 Å². The highest BCUT2D eigenvalue weighted by atomic mass is 32.1. The summed E-state index contributed by atoms with van der Waals surface area (Å²) in [5.41, 5.74) is 7.68. The molecule has 2 rings (SSSR count). The van der Waals surface area contributed by atoms with Crippen molar-refractivity contribution in [3.05, 3.63) is 23.8 Å². The number of hydrogen-bond acceptors (Lipinski definition) is 4. The number of benzene rings is 1. The second-order valence-electron chi connectivity index (χ2n) is 4.12. The molecular formula is C12H16N2O2S. The summed E-state index contributed by atoms with van der Waals surface area (Å²) >= 11 is 4.16. The van der Waals surface area contributed by atoms with E-state index in [-0.39, 0.29) is 11.9 Å². The van der Waals surface area contributed by atoms with E-state index < -0.39 is 6.10 Å². The Bertz CT molecular complexity index is 437. The quantitative estimate of drug-likeness (QED) is 0.718. The van der Waals surface area contributed by atoms with Crippen LogP contribution in [0.5, 0.6) is 5.75 Å². The molecule has 1 aliphatic heterocycles. The molecule has 0 bridgehead atoms. The topological polar surface area (TPSA) is 64.3 Å². The van der Waals surface area contributed by atoms with Crippen molar-refractivity contribution in [1.29, 1.82) is 0 Å². The van der Waals surface area contributed by atoms with Crippen molar-refractivity contribution in [1.82, 2.24) is 0 Å². The zero-order valence-electron chi connectivity index (χ0n) is 9.64. The number of nitrogens with one attached hydrogen (secondary N) is 1. The number of fused-ring (bicyclic) bond motifs is 1. The van der Waals surface area contributed by atoms with Crippen LogP contribution in [0.4, 0.5) is 5.69 Å². The molecule has 0 radical (unpaired) electrons. The summed E-state index contributed by atoms with van der Waals surface area (Å²) in [5, 5.41) is 2.81. The summed E-state index contributed by atoms with van der Waals surface area (Å²) in [6.07, 6.45) is 0.354. The van der Waals surface area contributed by atoms with Gasteiger partial charge in [0.2, 0.25) is 0 Å². The predicted octanol–water partition coefficient (Wildman–Crippen LogP) is 1.73. The van der Waals surface area contributed by atoms with Gasteiger partial charge >= 0.3 is 0 Å². The van der Waals surface area contributed by atoms with Gasteiger partial charge in [-0.2, -0.15) is 12.6 Å². The molecule has 0 spiro atoms. The molecule has 2 unspecified atom stereocenters. The maximum Gasteiger partial charge on any atom is 0.265 e. The van der Waals surface area contributed by atoms with E-state index >= 15 is 0 Å². The molecule has 0 saturated carbocycles. The molecule has 92 valence electrons. The van der Waals surface area contributed by atoms with Gasteiger partial charge in [0.1, 0.15) is 5.75 Å². The van der Waals surface area contributed by atoms with Crippen molar-refractivity contribution in [2.45, 2.75) is 25.5 Å². The van der Waals surface area contributed by atoms with Crippen molar-refractivity contribution in [3.8, 4) is 5.75 Å². The van der Waals surface area contributed by atoms with Gasteiger partial charge in [-0.3, -0.25) is 4.79 Å². The monoisotopic (exact) mass is 252 g/mol. The molecule has 0 saturated heterocycles. The maximum atomic E-state index is 11.5. The molecule has 1 heterocycles.